The van der Waals surface area contributed by atoms with Gasteiger partial charge in [0.2, 0.25) is 0 Å². The van der Waals surface area contributed by atoms with Crippen LogP contribution >= 0.6 is 0 Å². The first-order valence-electron chi connectivity index (χ1n) is 8.66. The zero-order valence-electron chi connectivity index (χ0n) is 14.1. The van der Waals surface area contributed by atoms with Gasteiger partial charge in [-0.05, 0) is 18.4 Å². The van der Waals surface area contributed by atoms with Crippen LogP contribution in [0.1, 0.15) is 30.9 Å². The fraction of sp³-hybridized carbons (Fsp3) is 0.444. The molecule has 2 aromatic rings. The van der Waals surface area contributed by atoms with Gasteiger partial charge in [-0.1, -0.05) is 43.7 Å². The van der Waals surface area contributed by atoms with Crippen molar-refractivity contribution >= 4 is 5.82 Å². The molecule has 1 atom stereocenters. The van der Waals surface area contributed by atoms with Crippen LogP contribution in [-0.2, 0) is 19.5 Å². The lowest BCUT2D eigenvalue weighted by atomic mass is 10.1. The van der Waals surface area contributed by atoms with Crippen LogP contribution in [-0.4, -0.2) is 22.8 Å². The smallest absolute Gasteiger partial charge is 0.324 e. The third kappa shape index (κ3) is 3.59. The summed E-state index contributed by atoms with van der Waals surface area (Å²) in [6.07, 6.45) is 3.04. The van der Waals surface area contributed by atoms with Crippen LogP contribution in [0.3, 0.4) is 0 Å². The lowest BCUT2D eigenvalue weighted by Gasteiger charge is -2.28. The monoisotopic (exact) mass is 329 g/mol. The van der Waals surface area contributed by atoms with Gasteiger partial charge in [-0.2, -0.15) is 0 Å². The Morgan fingerprint density at radius 2 is 2.00 bits per heavy atom. The van der Waals surface area contributed by atoms with Crippen molar-refractivity contribution in [3.63, 3.8) is 0 Å². The summed E-state index contributed by atoms with van der Waals surface area (Å²) in [5.41, 5.74) is 1.28. The van der Waals surface area contributed by atoms with E-state index in [0.717, 1.165) is 32.5 Å². The molecule has 1 unspecified atom stereocenters. The molecule has 24 heavy (non-hydrogen) atoms. The van der Waals surface area contributed by atoms with Gasteiger partial charge in [0.15, 0.2) is 6.67 Å². The molecule has 6 heteroatoms. The highest BCUT2D eigenvalue weighted by molar-refractivity contribution is 5.44. The van der Waals surface area contributed by atoms with Crippen molar-refractivity contribution < 1.29 is 4.90 Å². The van der Waals surface area contributed by atoms with Crippen LogP contribution in [0.5, 0.6) is 0 Å². The Balaban J connectivity index is 1.83. The molecule has 3 rings (SSSR count). The van der Waals surface area contributed by atoms with E-state index in [1.165, 1.54) is 10.5 Å². The quantitative estimate of drug-likeness (QED) is 0.716. The molecule has 2 heterocycles. The number of quaternary nitrogens is 1. The molecule has 3 N–H and O–H groups in total. The number of nitrogens with one attached hydrogen (secondary N) is 3. The van der Waals surface area contributed by atoms with Crippen molar-refractivity contribution in [2.24, 2.45) is 0 Å². The summed E-state index contributed by atoms with van der Waals surface area (Å²) in [6, 6.07) is 10.1. The molecule has 1 aromatic heterocycles. The Bertz CT molecular complexity index is 795. The second kappa shape index (κ2) is 7.49. The van der Waals surface area contributed by atoms with Crippen molar-refractivity contribution in [1.29, 1.82) is 0 Å². The predicted octanol–water partition coefficient (Wildman–Crippen LogP) is 0.347. The highest BCUT2D eigenvalue weighted by Gasteiger charge is 2.24. The van der Waals surface area contributed by atoms with E-state index >= 15 is 0 Å². The molecule has 128 valence electrons. The molecule has 0 radical (unpaired) electrons. The summed E-state index contributed by atoms with van der Waals surface area (Å²) >= 11 is 0. The molecular weight excluding hydrogens is 304 g/mol. The highest BCUT2D eigenvalue weighted by Crippen LogP contribution is 2.11. The average molecular weight is 329 g/mol. The fourth-order valence-corrected chi connectivity index (χ4v) is 3.20. The van der Waals surface area contributed by atoms with Gasteiger partial charge in [0.05, 0.1) is 6.54 Å². The number of benzene rings is 1. The molecule has 0 bridgehead atoms. The number of hydrogen-bond donors (Lipinski definition) is 3. The van der Waals surface area contributed by atoms with Crippen LogP contribution in [0.15, 0.2) is 39.9 Å². The minimum absolute atomic E-state index is 0.257. The number of H-pyrrole nitrogens is 1. The van der Waals surface area contributed by atoms with Gasteiger partial charge in [0, 0.05) is 6.54 Å². The Hall–Kier alpha value is -2.34. The second-order valence-electron chi connectivity index (χ2n) is 6.36. The molecule has 0 amide bonds. The van der Waals surface area contributed by atoms with E-state index in [4.69, 9.17) is 0 Å². The SMILES string of the molecule is CCCC[NH+]1CNc2c(c(=O)[nH]c(=O)n2CCc2ccccc2)C1. The summed E-state index contributed by atoms with van der Waals surface area (Å²) in [7, 11) is 0. The summed E-state index contributed by atoms with van der Waals surface area (Å²) in [5, 5.41) is 3.31. The standard InChI is InChI=1S/C18H24N4O2/c1-2-3-10-21-12-15-16(19-13-21)22(18(24)20-17(15)23)11-9-14-7-5-4-6-8-14/h4-8,19H,2-3,9-13H2,1H3,(H,20,23,24)/p+1. The van der Waals surface area contributed by atoms with Crippen molar-refractivity contribution in [2.75, 3.05) is 18.5 Å². The van der Waals surface area contributed by atoms with Gasteiger partial charge in [-0.15, -0.1) is 0 Å². The zero-order valence-corrected chi connectivity index (χ0v) is 14.1. The Morgan fingerprint density at radius 3 is 2.75 bits per heavy atom. The Kier molecular flexibility index (Phi) is 5.15. The van der Waals surface area contributed by atoms with Gasteiger partial charge in [-0.3, -0.25) is 14.3 Å². The summed E-state index contributed by atoms with van der Waals surface area (Å²) in [5.74, 6) is 0.694. The molecule has 1 aromatic carbocycles. The number of rotatable bonds is 6. The number of unbranched alkanes of at least 4 members (excludes halogenated alkanes) is 1. The molecule has 1 aliphatic rings. The molecule has 0 fully saturated rings. The number of aromatic nitrogens is 2. The lowest BCUT2D eigenvalue weighted by Crippen LogP contribution is -3.12. The van der Waals surface area contributed by atoms with E-state index in [2.05, 4.69) is 17.2 Å². The number of fused-ring (bicyclic) bond motifs is 1. The largest absolute Gasteiger partial charge is 0.329 e. The van der Waals surface area contributed by atoms with Crippen molar-refractivity contribution in [2.45, 2.75) is 39.3 Å². The number of aromatic amines is 1. The molecule has 0 aliphatic carbocycles. The van der Waals surface area contributed by atoms with Gasteiger partial charge in [-0.25, -0.2) is 4.79 Å². The van der Waals surface area contributed by atoms with Crippen LogP contribution in [0.4, 0.5) is 5.82 Å². The first-order chi connectivity index (χ1) is 11.7. The zero-order chi connectivity index (χ0) is 16.9. The minimum atomic E-state index is -0.334. The van der Waals surface area contributed by atoms with E-state index in [1.807, 2.05) is 30.3 Å². The third-order valence-electron chi connectivity index (χ3n) is 4.58. The maximum atomic E-state index is 12.2. The second-order valence-corrected chi connectivity index (χ2v) is 6.36. The number of nitrogens with zero attached hydrogens (tertiary/aromatic N) is 1. The summed E-state index contributed by atoms with van der Waals surface area (Å²) in [6.45, 7) is 5.17. The maximum absolute atomic E-state index is 12.2. The molecule has 0 spiro atoms. The van der Waals surface area contributed by atoms with Gasteiger partial charge >= 0.3 is 5.69 Å². The first-order valence-corrected chi connectivity index (χ1v) is 8.66. The van der Waals surface area contributed by atoms with Gasteiger partial charge < -0.3 is 10.2 Å². The lowest BCUT2D eigenvalue weighted by molar-refractivity contribution is -0.912. The van der Waals surface area contributed by atoms with Gasteiger partial charge in [0.1, 0.15) is 17.9 Å². The Labute approximate surface area is 141 Å². The predicted molar refractivity (Wildman–Crippen MR) is 94.4 cm³/mol. The normalized spacial score (nSPS) is 16.5. The van der Waals surface area contributed by atoms with E-state index in [1.54, 1.807) is 4.57 Å². The average Bonchev–Trinajstić information content (AvgIpc) is 2.60. The first kappa shape index (κ1) is 16.5. The molecule has 0 saturated carbocycles. The molecule has 6 nitrogen and oxygen atoms in total. The molecule has 0 saturated heterocycles. The van der Waals surface area contributed by atoms with E-state index in [9.17, 15) is 9.59 Å². The van der Waals surface area contributed by atoms with Gasteiger partial charge in [0.25, 0.3) is 5.56 Å². The van der Waals surface area contributed by atoms with Crippen LogP contribution in [0.2, 0.25) is 0 Å². The third-order valence-corrected chi connectivity index (χ3v) is 4.58. The van der Waals surface area contributed by atoms with E-state index in [0.29, 0.717) is 24.5 Å². The summed E-state index contributed by atoms with van der Waals surface area (Å²) < 4.78 is 1.67. The van der Waals surface area contributed by atoms with Crippen molar-refractivity contribution in [3.8, 4) is 0 Å². The minimum Gasteiger partial charge on any atom is -0.324 e. The Morgan fingerprint density at radius 1 is 1.21 bits per heavy atom. The maximum Gasteiger partial charge on any atom is 0.329 e. The van der Waals surface area contributed by atoms with E-state index in [-0.39, 0.29) is 11.2 Å². The molecular formula is C18H25N4O2+. The van der Waals surface area contributed by atoms with Crippen LogP contribution in [0, 0.1) is 0 Å². The summed E-state index contributed by atoms with van der Waals surface area (Å²) in [4.78, 5) is 28.3. The highest BCUT2D eigenvalue weighted by atomic mass is 16.2. The number of anilines is 1. The van der Waals surface area contributed by atoms with Crippen LogP contribution in [0.25, 0.3) is 0 Å². The van der Waals surface area contributed by atoms with Crippen LogP contribution < -0.4 is 21.5 Å². The van der Waals surface area contributed by atoms with Crippen molar-refractivity contribution in [1.82, 2.24) is 9.55 Å². The molecule has 1 aliphatic heterocycles. The van der Waals surface area contributed by atoms with Crippen molar-refractivity contribution in [3.05, 3.63) is 62.3 Å². The fourth-order valence-electron chi connectivity index (χ4n) is 3.20. The number of aryl methyl sites for hydroxylation is 1. The number of hydrogen-bond acceptors (Lipinski definition) is 3. The van der Waals surface area contributed by atoms with E-state index < -0.39 is 0 Å². The topological polar surface area (TPSA) is 71.3 Å².